The zero-order chi connectivity index (χ0) is 36.3. The molecular weight excluding hydrogens is 695 g/mol. The summed E-state index contributed by atoms with van der Waals surface area (Å²) in [7, 11) is 0. The van der Waals surface area contributed by atoms with E-state index < -0.39 is 0 Å². The van der Waals surface area contributed by atoms with Crippen molar-refractivity contribution in [1.82, 2.24) is 34.3 Å². The lowest BCUT2D eigenvalue weighted by atomic mass is 10.1. The smallest absolute Gasteiger partial charge is 0.238 e. The third-order valence-electron chi connectivity index (χ3n) is 10.2. The minimum absolute atomic E-state index is 0.552. The molecule has 55 heavy (non-hydrogen) atoms. The van der Waals surface area contributed by atoms with Gasteiger partial charge >= 0.3 is 0 Å². The summed E-state index contributed by atoms with van der Waals surface area (Å²) in [6.45, 7) is 0. The first kappa shape index (κ1) is 31.3. The van der Waals surface area contributed by atoms with Gasteiger partial charge in [-0.2, -0.15) is 9.97 Å². The standard InChI is InChI=1S/C47H29N7S/c1-4-15-30(16-5-1)43-48-44(31-17-6-2-7-18-31)50-47(49-43)54-39-25-13-11-22-36(39)42-37(23-14-26-40(42)54)46-52-51-45(55-46)32-27-28-35-34-21-10-12-24-38(34)53(41(35)29-32)33-19-8-3-9-20-33/h1-29H. The van der Waals surface area contributed by atoms with Gasteiger partial charge < -0.3 is 4.57 Å². The fourth-order valence-electron chi connectivity index (χ4n) is 7.72. The van der Waals surface area contributed by atoms with Gasteiger partial charge in [0.25, 0.3) is 0 Å². The molecule has 7 aromatic carbocycles. The van der Waals surface area contributed by atoms with Crippen LogP contribution >= 0.6 is 11.3 Å². The van der Waals surface area contributed by atoms with Crippen LogP contribution in [0.2, 0.25) is 0 Å². The van der Waals surface area contributed by atoms with E-state index in [1.807, 2.05) is 60.7 Å². The molecule has 0 saturated heterocycles. The zero-order valence-electron chi connectivity index (χ0n) is 29.3. The van der Waals surface area contributed by atoms with Crippen molar-refractivity contribution in [3.63, 3.8) is 0 Å². The van der Waals surface area contributed by atoms with Gasteiger partial charge in [0, 0.05) is 49.5 Å². The molecule has 7 nitrogen and oxygen atoms in total. The van der Waals surface area contributed by atoms with Crippen LogP contribution in [-0.4, -0.2) is 34.3 Å². The number of rotatable bonds is 6. The molecule has 0 bridgehead atoms. The SMILES string of the molecule is c1ccc(-c2nc(-c3ccccc3)nc(-n3c4ccccc4c4c(-c5nnc(-c6ccc7c8ccccc8n(-c8ccccc8)c7c6)s5)cccc43)n2)cc1. The summed E-state index contributed by atoms with van der Waals surface area (Å²) < 4.78 is 4.48. The van der Waals surface area contributed by atoms with Gasteiger partial charge in [-0.25, -0.2) is 4.98 Å². The molecule has 4 aromatic heterocycles. The van der Waals surface area contributed by atoms with Gasteiger partial charge in [-0.3, -0.25) is 4.57 Å². The van der Waals surface area contributed by atoms with Crippen molar-refractivity contribution in [2.24, 2.45) is 0 Å². The molecule has 0 amide bonds. The lowest BCUT2D eigenvalue weighted by molar-refractivity contribution is 0.953. The maximum absolute atomic E-state index is 5.10. The first-order valence-corrected chi connectivity index (χ1v) is 18.9. The minimum atomic E-state index is 0.552. The van der Waals surface area contributed by atoms with Crippen molar-refractivity contribution >= 4 is 54.9 Å². The van der Waals surface area contributed by atoms with Crippen LogP contribution in [0, 0.1) is 0 Å². The van der Waals surface area contributed by atoms with Gasteiger partial charge in [-0.1, -0.05) is 151 Å². The van der Waals surface area contributed by atoms with Crippen molar-refractivity contribution in [2.45, 2.75) is 0 Å². The average Bonchev–Trinajstić information content (AvgIpc) is 3.97. The third kappa shape index (κ3) is 5.15. The second-order valence-electron chi connectivity index (χ2n) is 13.4. The second kappa shape index (κ2) is 12.7. The van der Waals surface area contributed by atoms with E-state index in [2.05, 4.69) is 124 Å². The Bertz CT molecular complexity index is 3140. The fourth-order valence-corrected chi connectivity index (χ4v) is 8.59. The van der Waals surface area contributed by atoms with Crippen LogP contribution in [0.1, 0.15) is 0 Å². The van der Waals surface area contributed by atoms with Gasteiger partial charge in [0.1, 0.15) is 10.0 Å². The Labute approximate surface area is 319 Å². The summed E-state index contributed by atoms with van der Waals surface area (Å²) in [6.07, 6.45) is 0. The molecule has 0 radical (unpaired) electrons. The van der Waals surface area contributed by atoms with Gasteiger partial charge in [0.05, 0.1) is 22.1 Å². The van der Waals surface area contributed by atoms with Crippen LogP contribution in [0.25, 0.3) is 99.2 Å². The zero-order valence-corrected chi connectivity index (χ0v) is 30.1. The number of aromatic nitrogens is 7. The predicted octanol–water partition coefficient (Wildman–Crippen LogP) is 11.6. The Hall–Kier alpha value is -7.29. The Morgan fingerprint density at radius 2 is 0.945 bits per heavy atom. The summed E-state index contributed by atoms with van der Waals surface area (Å²) in [5.74, 6) is 1.78. The molecule has 11 rings (SSSR count). The van der Waals surface area contributed by atoms with Gasteiger partial charge in [-0.15, -0.1) is 10.2 Å². The molecule has 11 aromatic rings. The largest absolute Gasteiger partial charge is 0.309 e. The number of hydrogen-bond donors (Lipinski definition) is 0. The summed E-state index contributed by atoms with van der Waals surface area (Å²) in [5, 5.41) is 15.9. The number of para-hydroxylation sites is 3. The van der Waals surface area contributed by atoms with E-state index in [0.717, 1.165) is 65.3 Å². The molecule has 0 aliphatic rings. The highest BCUT2D eigenvalue weighted by Gasteiger charge is 2.22. The van der Waals surface area contributed by atoms with E-state index in [4.69, 9.17) is 25.1 Å². The Morgan fingerprint density at radius 3 is 1.65 bits per heavy atom. The van der Waals surface area contributed by atoms with Crippen LogP contribution in [0.3, 0.4) is 0 Å². The summed E-state index contributed by atoms with van der Waals surface area (Å²) >= 11 is 1.60. The fraction of sp³-hybridized carbons (Fsp3) is 0. The van der Waals surface area contributed by atoms with E-state index in [9.17, 15) is 0 Å². The number of benzene rings is 7. The Morgan fingerprint density at radius 1 is 0.382 bits per heavy atom. The summed E-state index contributed by atoms with van der Waals surface area (Å²) in [6, 6.07) is 60.6. The maximum Gasteiger partial charge on any atom is 0.238 e. The summed E-state index contributed by atoms with van der Waals surface area (Å²) in [5.41, 5.74) is 9.29. The van der Waals surface area contributed by atoms with Crippen molar-refractivity contribution in [1.29, 1.82) is 0 Å². The molecule has 0 unspecified atom stereocenters. The van der Waals surface area contributed by atoms with E-state index in [1.54, 1.807) is 11.3 Å². The number of nitrogens with zero attached hydrogens (tertiary/aromatic N) is 7. The van der Waals surface area contributed by atoms with E-state index >= 15 is 0 Å². The molecule has 0 atom stereocenters. The Kier molecular flexibility index (Phi) is 7.21. The molecule has 0 saturated carbocycles. The van der Waals surface area contributed by atoms with E-state index in [-0.39, 0.29) is 0 Å². The van der Waals surface area contributed by atoms with Crippen LogP contribution in [-0.2, 0) is 0 Å². The number of fused-ring (bicyclic) bond motifs is 6. The third-order valence-corrected chi connectivity index (χ3v) is 11.2. The second-order valence-corrected chi connectivity index (χ2v) is 14.4. The van der Waals surface area contributed by atoms with Crippen molar-refractivity contribution in [2.75, 3.05) is 0 Å². The average molecular weight is 724 g/mol. The van der Waals surface area contributed by atoms with Crippen molar-refractivity contribution in [3.05, 3.63) is 176 Å². The van der Waals surface area contributed by atoms with E-state index in [1.165, 1.54) is 16.3 Å². The monoisotopic (exact) mass is 723 g/mol. The first-order valence-electron chi connectivity index (χ1n) is 18.1. The number of hydrogen-bond acceptors (Lipinski definition) is 6. The lowest BCUT2D eigenvalue weighted by Crippen LogP contribution is -2.06. The topological polar surface area (TPSA) is 74.3 Å². The predicted molar refractivity (Wildman–Crippen MR) is 224 cm³/mol. The molecule has 8 heteroatoms. The van der Waals surface area contributed by atoms with E-state index in [0.29, 0.717) is 17.6 Å². The molecule has 0 spiro atoms. The highest BCUT2D eigenvalue weighted by molar-refractivity contribution is 7.18. The van der Waals surface area contributed by atoms with Gasteiger partial charge in [0.15, 0.2) is 11.6 Å². The molecule has 4 heterocycles. The van der Waals surface area contributed by atoms with Crippen LogP contribution < -0.4 is 0 Å². The molecule has 0 aliphatic carbocycles. The molecular formula is C47H29N7S. The molecule has 0 fully saturated rings. The lowest BCUT2D eigenvalue weighted by Gasteiger charge is -2.11. The maximum atomic E-state index is 5.10. The molecule has 258 valence electrons. The highest BCUT2D eigenvalue weighted by atomic mass is 32.1. The quantitative estimate of drug-likeness (QED) is 0.171. The Balaban J connectivity index is 1.08. The normalized spacial score (nSPS) is 11.6. The van der Waals surface area contributed by atoms with Crippen molar-refractivity contribution in [3.8, 4) is 55.6 Å². The van der Waals surface area contributed by atoms with Crippen molar-refractivity contribution < 1.29 is 0 Å². The molecule has 0 N–H and O–H groups in total. The van der Waals surface area contributed by atoms with Crippen LogP contribution in [0.15, 0.2) is 176 Å². The summed E-state index contributed by atoms with van der Waals surface area (Å²) in [4.78, 5) is 15.1. The highest BCUT2D eigenvalue weighted by Crippen LogP contribution is 2.41. The van der Waals surface area contributed by atoms with Crippen LogP contribution in [0.4, 0.5) is 0 Å². The minimum Gasteiger partial charge on any atom is -0.309 e. The van der Waals surface area contributed by atoms with Crippen LogP contribution in [0.5, 0.6) is 0 Å². The van der Waals surface area contributed by atoms with Gasteiger partial charge in [0.2, 0.25) is 5.95 Å². The first-order chi connectivity index (χ1) is 27.3. The van der Waals surface area contributed by atoms with Gasteiger partial charge in [-0.05, 0) is 36.4 Å². The molecule has 0 aliphatic heterocycles.